The summed E-state index contributed by atoms with van der Waals surface area (Å²) in [5, 5.41) is 0. The Morgan fingerprint density at radius 3 is 0.750 bits per heavy atom. The molecule has 0 bridgehead atoms. The third-order valence-corrected chi connectivity index (χ3v) is 0. The normalized spacial score (nSPS) is 0. The molecule has 0 aliphatic heterocycles. The molecule has 4 heavy (non-hydrogen) atoms. The first kappa shape index (κ1) is 201. The van der Waals surface area contributed by atoms with Crippen molar-refractivity contribution in [2.75, 3.05) is 0 Å². The van der Waals surface area contributed by atoms with E-state index in [9.17, 15) is 0 Å². The van der Waals surface area contributed by atoms with Crippen LogP contribution in [-0.2, 0) is 31.1 Å². The van der Waals surface area contributed by atoms with E-state index in [1.54, 1.807) is 0 Å². The average Bonchev–Trinajstić information content (AvgIpc) is 0. The molecule has 3 nitrogen and oxygen atoms in total. The molecule has 0 amide bonds. The zero-order valence-electron chi connectivity index (χ0n) is 1.69. The Kier molecular flexibility index (Phi) is 4060. The van der Waals surface area contributed by atoms with Gasteiger partial charge in [0.1, 0.15) is 0 Å². The van der Waals surface area contributed by atoms with Crippen LogP contribution in [0.1, 0.15) is 0 Å². The molecule has 4 heteroatoms. The second kappa shape index (κ2) is 80.6. The van der Waals surface area contributed by atoms with E-state index in [2.05, 4.69) is 0 Å². The van der Waals surface area contributed by atoms with Crippen molar-refractivity contribution in [1.82, 2.24) is 0 Å². The molecule has 0 fully saturated rings. The minimum Gasteiger partial charge on any atom is -2.00 e. The molecule has 2 N–H and O–H groups in total. The van der Waals surface area contributed by atoms with Gasteiger partial charge in [0.2, 0.25) is 0 Å². The summed E-state index contributed by atoms with van der Waals surface area (Å²) in [5.41, 5.74) is 0. The van der Waals surface area contributed by atoms with Crippen LogP contribution >= 0.6 is 0 Å². The van der Waals surface area contributed by atoms with Gasteiger partial charge in [-0.3, -0.25) is 0 Å². The SMILES string of the molecule is O.[O-2].[O-2].[Tc+4]. The van der Waals surface area contributed by atoms with Gasteiger partial charge < -0.3 is 16.4 Å². The molecular formula is H2O3Tc. The van der Waals surface area contributed by atoms with Crippen molar-refractivity contribution in [3.63, 3.8) is 0 Å². The maximum Gasteiger partial charge on any atom is 4.00 e. The second-order valence-corrected chi connectivity index (χ2v) is 0. The molecule has 0 aliphatic rings. The Morgan fingerprint density at radius 1 is 0.750 bits per heavy atom. The summed E-state index contributed by atoms with van der Waals surface area (Å²) in [4.78, 5) is 0. The fraction of sp³-hybridized carbons (Fsp3) is 0. The molecule has 0 aromatic rings. The fourth-order valence-electron chi connectivity index (χ4n) is 0. The van der Waals surface area contributed by atoms with Crippen LogP contribution in [0.4, 0.5) is 0 Å². The molecule has 27 valence electrons. The van der Waals surface area contributed by atoms with E-state index in [0.29, 0.717) is 0 Å². The van der Waals surface area contributed by atoms with Crippen LogP contribution < -0.4 is 0 Å². The van der Waals surface area contributed by atoms with Gasteiger partial charge in [-0.2, -0.15) is 0 Å². The first-order valence-electron chi connectivity index (χ1n) is 0. The number of hydrogen-bond acceptors (Lipinski definition) is 0. The molecule has 0 saturated heterocycles. The van der Waals surface area contributed by atoms with E-state index in [0.717, 1.165) is 0 Å². The Bertz CT molecular complexity index is 3.25. The van der Waals surface area contributed by atoms with Crippen molar-refractivity contribution < 1.29 is 36.5 Å². The van der Waals surface area contributed by atoms with E-state index in [-0.39, 0.29) is 36.5 Å². The molecule has 0 saturated carbocycles. The van der Waals surface area contributed by atoms with Gasteiger partial charge in [-0.25, -0.2) is 0 Å². The first-order valence-corrected chi connectivity index (χ1v) is 0. The summed E-state index contributed by atoms with van der Waals surface area (Å²) in [6.45, 7) is 0. The smallest absolute Gasteiger partial charge is 2.00 e. The molecule has 0 rings (SSSR count). The fourth-order valence-corrected chi connectivity index (χ4v) is 0. The van der Waals surface area contributed by atoms with Gasteiger partial charge in [0.15, 0.2) is 0 Å². The van der Waals surface area contributed by atoms with Crippen molar-refractivity contribution in [3.8, 4) is 0 Å². The standard InChI is InChI=1S/H2O.2O.Tc/h1H2;;;/q;2*-2;+4. The molecule has 0 aromatic carbocycles. The predicted octanol–water partition coefficient (Wildman–Crippen LogP) is -1.06. The Morgan fingerprint density at radius 2 is 0.750 bits per heavy atom. The Balaban J connectivity index is 0. The quantitative estimate of drug-likeness (QED) is 0.418. The topological polar surface area (TPSA) is 88.5 Å². The maximum atomic E-state index is 0. The van der Waals surface area contributed by atoms with Crippen molar-refractivity contribution in [3.05, 3.63) is 0 Å². The zero-order valence-corrected chi connectivity index (χ0v) is 3.55. The van der Waals surface area contributed by atoms with Gasteiger partial charge in [-0.15, -0.1) is 0 Å². The average molecular weight is 148 g/mol. The molecule has 1 radical (unpaired) electrons. The van der Waals surface area contributed by atoms with Crippen molar-refractivity contribution in [2.45, 2.75) is 0 Å². The van der Waals surface area contributed by atoms with Crippen molar-refractivity contribution in [1.29, 1.82) is 0 Å². The van der Waals surface area contributed by atoms with Crippen LogP contribution in [0, 0.1) is 0 Å². The third-order valence-electron chi connectivity index (χ3n) is 0. The van der Waals surface area contributed by atoms with Crippen LogP contribution in [-0.4, -0.2) is 5.48 Å². The maximum absolute atomic E-state index is 0. The minimum atomic E-state index is 0. The van der Waals surface area contributed by atoms with Crippen LogP contribution in [0.25, 0.3) is 0 Å². The predicted molar refractivity (Wildman–Crippen MR) is 4.99 cm³/mol. The van der Waals surface area contributed by atoms with Gasteiger partial charge in [0.05, 0.1) is 0 Å². The van der Waals surface area contributed by atoms with Gasteiger partial charge in [0, 0.05) is 0 Å². The molecule has 0 aliphatic carbocycles. The van der Waals surface area contributed by atoms with Crippen LogP contribution in [0.2, 0.25) is 0 Å². The van der Waals surface area contributed by atoms with Crippen molar-refractivity contribution in [2.24, 2.45) is 0 Å². The summed E-state index contributed by atoms with van der Waals surface area (Å²) in [7, 11) is 0. The van der Waals surface area contributed by atoms with Gasteiger partial charge in [-0.05, 0) is 0 Å². The summed E-state index contributed by atoms with van der Waals surface area (Å²) >= 11 is 0. The summed E-state index contributed by atoms with van der Waals surface area (Å²) < 4.78 is 0. The van der Waals surface area contributed by atoms with E-state index < -0.39 is 0 Å². The molecule has 0 spiro atoms. The monoisotopic (exact) mass is 147 g/mol. The van der Waals surface area contributed by atoms with E-state index in [1.807, 2.05) is 0 Å². The molecular weight excluding hydrogens is 146 g/mol. The molecule has 0 aromatic heterocycles. The number of rotatable bonds is 0. The first-order chi connectivity index (χ1) is 0. The van der Waals surface area contributed by atoms with Crippen LogP contribution in [0.5, 0.6) is 0 Å². The third kappa shape index (κ3) is 21.1. The second-order valence-electron chi connectivity index (χ2n) is 0. The van der Waals surface area contributed by atoms with Crippen LogP contribution in [0.15, 0.2) is 0 Å². The largest absolute Gasteiger partial charge is 4.00 e. The molecule has 0 atom stereocenters. The number of hydrogen-bond donors (Lipinski definition) is 0. The van der Waals surface area contributed by atoms with E-state index in [4.69, 9.17) is 0 Å². The van der Waals surface area contributed by atoms with Gasteiger partial charge >= 0.3 is 20.1 Å². The van der Waals surface area contributed by atoms with E-state index >= 15 is 0 Å². The molecule has 0 unspecified atom stereocenters. The Hall–Kier alpha value is 0.529. The zero-order chi connectivity index (χ0) is 0. The van der Waals surface area contributed by atoms with Gasteiger partial charge in [0.25, 0.3) is 0 Å². The van der Waals surface area contributed by atoms with Crippen LogP contribution in [0.3, 0.4) is 0 Å². The van der Waals surface area contributed by atoms with Gasteiger partial charge in [-0.1, -0.05) is 0 Å². The summed E-state index contributed by atoms with van der Waals surface area (Å²) in [6.07, 6.45) is 0. The minimum absolute atomic E-state index is 0. The van der Waals surface area contributed by atoms with E-state index in [1.165, 1.54) is 0 Å². The summed E-state index contributed by atoms with van der Waals surface area (Å²) in [6, 6.07) is 0. The molecule has 0 heterocycles. The summed E-state index contributed by atoms with van der Waals surface area (Å²) in [5.74, 6) is 0. The Labute approximate surface area is 37.3 Å². The van der Waals surface area contributed by atoms with Crippen molar-refractivity contribution >= 4 is 0 Å².